The zero-order valence-electron chi connectivity index (χ0n) is 15.3. The molecule has 0 spiro atoms. The average molecular weight is 408 g/mol. The molecular formula is C19H22ClN3O3S. The number of rotatable bonds is 5. The van der Waals surface area contributed by atoms with Crippen molar-refractivity contribution >= 4 is 39.9 Å². The van der Waals surface area contributed by atoms with Crippen LogP contribution in [0.15, 0.2) is 29.8 Å². The minimum Gasteiger partial charge on any atom is -0.481 e. The van der Waals surface area contributed by atoms with E-state index in [1.807, 2.05) is 18.4 Å². The number of thiazole rings is 1. The van der Waals surface area contributed by atoms with Crippen LogP contribution in [0, 0.1) is 12.8 Å². The summed E-state index contributed by atoms with van der Waals surface area (Å²) in [6.07, 6.45) is 2.56. The van der Waals surface area contributed by atoms with Crippen molar-refractivity contribution in [1.82, 2.24) is 9.88 Å². The summed E-state index contributed by atoms with van der Waals surface area (Å²) in [5.41, 5.74) is 0.894. The predicted molar refractivity (Wildman–Crippen MR) is 106 cm³/mol. The average Bonchev–Trinajstić information content (AvgIpc) is 3.17. The van der Waals surface area contributed by atoms with Crippen molar-refractivity contribution in [2.45, 2.75) is 32.8 Å². The number of likely N-dealkylation sites (tertiary alicyclic amines) is 1. The Morgan fingerprint density at radius 2 is 2.26 bits per heavy atom. The second kappa shape index (κ2) is 8.71. The van der Waals surface area contributed by atoms with Crippen molar-refractivity contribution in [2.24, 2.45) is 5.92 Å². The highest BCUT2D eigenvalue weighted by Crippen LogP contribution is 2.24. The Morgan fingerprint density at radius 3 is 2.96 bits per heavy atom. The van der Waals surface area contributed by atoms with Gasteiger partial charge < -0.3 is 15.0 Å². The molecule has 6 nitrogen and oxygen atoms in total. The van der Waals surface area contributed by atoms with Gasteiger partial charge in [-0.2, -0.15) is 0 Å². The molecule has 3 rings (SSSR count). The summed E-state index contributed by atoms with van der Waals surface area (Å²) in [6.45, 7) is 4.64. The van der Waals surface area contributed by atoms with Gasteiger partial charge >= 0.3 is 0 Å². The topological polar surface area (TPSA) is 71.5 Å². The lowest BCUT2D eigenvalue weighted by Crippen LogP contribution is -2.48. The van der Waals surface area contributed by atoms with Crippen molar-refractivity contribution in [3.05, 3.63) is 40.4 Å². The van der Waals surface area contributed by atoms with E-state index in [-0.39, 0.29) is 17.7 Å². The number of anilines is 1. The van der Waals surface area contributed by atoms with Gasteiger partial charge in [0.1, 0.15) is 5.75 Å². The molecule has 0 aliphatic carbocycles. The number of carbonyl (C=O) groups excluding carboxylic acids is 2. The van der Waals surface area contributed by atoms with Crippen LogP contribution in [0.5, 0.6) is 5.75 Å². The molecule has 2 heterocycles. The maximum absolute atomic E-state index is 12.8. The zero-order chi connectivity index (χ0) is 19.4. The van der Waals surface area contributed by atoms with E-state index in [0.717, 1.165) is 18.4 Å². The molecule has 1 aromatic carbocycles. The number of benzene rings is 1. The minimum atomic E-state index is -0.633. The number of piperidine rings is 1. The van der Waals surface area contributed by atoms with Crippen molar-refractivity contribution in [1.29, 1.82) is 0 Å². The molecule has 1 N–H and O–H groups in total. The first kappa shape index (κ1) is 19.6. The Balaban J connectivity index is 1.58. The summed E-state index contributed by atoms with van der Waals surface area (Å²) in [5, 5.41) is 5.87. The van der Waals surface area contributed by atoms with Crippen LogP contribution in [0.2, 0.25) is 5.02 Å². The molecule has 8 heteroatoms. The Bertz CT molecular complexity index is 813. The van der Waals surface area contributed by atoms with Crippen LogP contribution in [-0.4, -0.2) is 40.9 Å². The number of aryl methyl sites for hydroxylation is 1. The molecule has 0 radical (unpaired) electrons. The van der Waals surface area contributed by atoms with Gasteiger partial charge in [-0.25, -0.2) is 4.98 Å². The number of halogens is 1. The lowest BCUT2D eigenvalue weighted by atomic mass is 9.97. The smallest absolute Gasteiger partial charge is 0.263 e. The summed E-state index contributed by atoms with van der Waals surface area (Å²) in [5.74, 6) is 0.156. The quantitative estimate of drug-likeness (QED) is 0.819. The largest absolute Gasteiger partial charge is 0.481 e. The summed E-state index contributed by atoms with van der Waals surface area (Å²) >= 11 is 7.40. The van der Waals surface area contributed by atoms with E-state index in [4.69, 9.17) is 16.3 Å². The number of hydrogen-bond donors (Lipinski definition) is 1. The van der Waals surface area contributed by atoms with E-state index >= 15 is 0 Å². The fraction of sp³-hybridized carbons (Fsp3) is 0.421. The summed E-state index contributed by atoms with van der Waals surface area (Å²) in [6, 6.07) is 5.31. The standard InChI is InChI=1S/C19H22ClN3O3S/c1-12-10-15(5-6-16(12)20)26-13(2)18(25)23-8-3-4-14(11-23)17(24)22-19-21-7-9-27-19/h5-7,9-10,13-14H,3-4,8,11H2,1-2H3,(H,21,22,24). The molecule has 2 unspecified atom stereocenters. The third-order valence-electron chi connectivity index (χ3n) is 4.56. The maximum Gasteiger partial charge on any atom is 0.263 e. The molecule has 2 amide bonds. The van der Waals surface area contributed by atoms with Crippen molar-refractivity contribution in [3.8, 4) is 5.75 Å². The summed E-state index contributed by atoms with van der Waals surface area (Å²) < 4.78 is 5.79. The molecule has 1 aromatic heterocycles. The van der Waals surface area contributed by atoms with E-state index < -0.39 is 6.10 Å². The van der Waals surface area contributed by atoms with Crippen LogP contribution >= 0.6 is 22.9 Å². The Kier molecular flexibility index (Phi) is 6.34. The highest BCUT2D eigenvalue weighted by atomic mass is 35.5. The first-order valence-electron chi connectivity index (χ1n) is 8.86. The van der Waals surface area contributed by atoms with E-state index in [9.17, 15) is 9.59 Å². The molecule has 1 fully saturated rings. The Labute approximate surface area is 167 Å². The van der Waals surface area contributed by atoms with Crippen LogP contribution in [0.25, 0.3) is 0 Å². The second-order valence-corrected chi connectivity index (χ2v) is 7.92. The molecule has 1 saturated heterocycles. The van der Waals surface area contributed by atoms with Crippen LogP contribution in [0.1, 0.15) is 25.3 Å². The molecule has 1 aliphatic rings. The highest BCUT2D eigenvalue weighted by Gasteiger charge is 2.31. The van der Waals surface area contributed by atoms with Crippen molar-refractivity contribution in [2.75, 3.05) is 18.4 Å². The molecule has 0 bridgehead atoms. The van der Waals surface area contributed by atoms with Crippen LogP contribution < -0.4 is 10.1 Å². The normalized spacial score (nSPS) is 18.0. The number of carbonyl (C=O) groups is 2. The SMILES string of the molecule is Cc1cc(OC(C)C(=O)N2CCCC(C(=O)Nc3nccs3)C2)ccc1Cl. The third-order valence-corrected chi connectivity index (χ3v) is 5.67. The monoisotopic (exact) mass is 407 g/mol. The highest BCUT2D eigenvalue weighted by molar-refractivity contribution is 7.13. The Hall–Kier alpha value is -2.12. The first-order valence-corrected chi connectivity index (χ1v) is 10.1. The minimum absolute atomic E-state index is 0.0932. The molecular weight excluding hydrogens is 386 g/mol. The second-order valence-electron chi connectivity index (χ2n) is 6.62. The maximum atomic E-state index is 12.8. The van der Waals surface area contributed by atoms with Crippen LogP contribution in [0.4, 0.5) is 5.13 Å². The molecule has 2 atom stereocenters. The van der Waals surface area contributed by atoms with E-state index in [0.29, 0.717) is 29.0 Å². The number of hydrogen-bond acceptors (Lipinski definition) is 5. The number of ether oxygens (including phenoxy) is 1. The number of aromatic nitrogens is 1. The van der Waals surface area contributed by atoms with Gasteiger partial charge in [0, 0.05) is 29.7 Å². The molecule has 27 heavy (non-hydrogen) atoms. The first-order chi connectivity index (χ1) is 12.9. The van der Waals surface area contributed by atoms with Gasteiger partial charge in [-0.3, -0.25) is 9.59 Å². The lowest BCUT2D eigenvalue weighted by Gasteiger charge is -2.33. The fourth-order valence-electron chi connectivity index (χ4n) is 3.09. The molecule has 1 aliphatic heterocycles. The van der Waals surface area contributed by atoms with E-state index in [2.05, 4.69) is 10.3 Å². The predicted octanol–water partition coefficient (Wildman–Crippen LogP) is 3.75. The van der Waals surface area contributed by atoms with Crippen LogP contribution in [-0.2, 0) is 9.59 Å². The van der Waals surface area contributed by atoms with Gasteiger partial charge in [0.15, 0.2) is 11.2 Å². The zero-order valence-corrected chi connectivity index (χ0v) is 16.8. The van der Waals surface area contributed by atoms with E-state index in [1.165, 1.54) is 11.3 Å². The molecule has 2 aromatic rings. The number of amides is 2. The van der Waals surface area contributed by atoms with Gasteiger partial charge in [0.25, 0.3) is 5.91 Å². The van der Waals surface area contributed by atoms with Gasteiger partial charge in [0.2, 0.25) is 5.91 Å². The number of nitrogens with zero attached hydrogens (tertiary/aromatic N) is 2. The summed E-state index contributed by atoms with van der Waals surface area (Å²) in [4.78, 5) is 31.0. The fourth-order valence-corrected chi connectivity index (χ4v) is 3.74. The van der Waals surface area contributed by atoms with Gasteiger partial charge in [-0.05, 0) is 50.5 Å². The van der Waals surface area contributed by atoms with Crippen LogP contribution in [0.3, 0.4) is 0 Å². The third kappa shape index (κ3) is 4.99. The van der Waals surface area contributed by atoms with Gasteiger partial charge in [-0.15, -0.1) is 11.3 Å². The van der Waals surface area contributed by atoms with E-state index in [1.54, 1.807) is 30.2 Å². The lowest BCUT2D eigenvalue weighted by molar-refractivity contribution is -0.140. The molecule has 0 saturated carbocycles. The summed E-state index contributed by atoms with van der Waals surface area (Å²) in [7, 11) is 0. The molecule has 144 valence electrons. The van der Waals surface area contributed by atoms with Crippen molar-refractivity contribution in [3.63, 3.8) is 0 Å². The van der Waals surface area contributed by atoms with Crippen molar-refractivity contribution < 1.29 is 14.3 Å². The van der Waals surface area contributed by atoms with Gasteiger partial charge in [-0.1, -0.05) is 11.6 Å². The number of nitrogens with one attached hydrogen (secondary N) is 1. The van der Waals surface area contributed by atoms with Gasteiger partial charge in [0.05, 0.1) is 5.92 Å². The Morgan fingerprint density at radius 1 is 1.44 bits per heavy atom.